The van der Waals surface area contributed by atoms with Crippen molar-refractivity contribution in [1.29, 1.82) is 0 Å². The Kier molecular flexibility index (Phi) is 5.54. The highest BCUT2D eigenvalue weighted by atomic mass is 16.5. The van der Waals surface area contributed by atoms with Gasteiger partial charge >= 0.3 is 5.97 Å². The van der Waals surface area contributed by atoms with E-state index in [0.29, 0.717) is 12.1 Å². The summed E-state index contributed by atoms with van der Waals surface area (Å²) in [7, 11) is 3.26. The molecule has 0 aliphatic carbocycles. The maximum Gasteiger partial charge on any atom is 0.333 e. The third-order valence-corrected chi connectivity index (χ3v) is 2.60. The highest BCUT2D eigenvalue weighted by Gasteiger charge is 2.21. The summed E-state index contributed by atoms with van der Waals surface area (Å²) in [6.45, 7) is 6.28. The highest BCUT2D eigenvalue weighted by molar-refractivity contribution is 5.87. The first-order valence-electron chi connectivity index (χ1n) is 4.92. The standard InChI is InChI=1S/C11H21NO3/c1-9(10(14)15-5)6-7-12(4)11(2,3)8-13/h6,13H,7-8H2,1-5H3. The van der Waals surface area contributed by atoms with Crippen LogP contribution in [0.3, 0.4) is 0 Å². The molecule has 0 bridgehead atoms. The van der Waals surface area contributed by atoms with Crippen LogP contribution in [0.1, 0.15) is 20.8 Å². The van der Waals surface area contributed by atoms with Crippen molar-refractivity contribution in [3.63, 3.8) is 0 Å². The van der Waals surface area contributed by atoms with Crippen molar-refractivity contribution in [3.8, 4) is 0 Å². The van der Waals surface area contributed by atoms with E-state index >= 15 is 0 Å². The van der Waals surface area contributed by atoms with Crippen LogP contribution in [0.25, 0.3) is 0 Å². The Morgan fingerprint density at radius 1 is 1.53 bits per heavy atom. The van der Waals surface area contributed by atoms with E-state index in [4.69, 9.17) is 5.11 Å². The molecule has 0 aliphatic heterocycles. The van der Waals surface area contributed by atoms with Crippen LogP contribution in [0.4, 0.5) is 0 Å². The quantitative estimate of drug-likeness (QED) is 0.544. The van der Waals surface area contributed by atoms with E-state index in [2.05, 4.69) is 4.74 Å². The normalized spacial score (nSPS) is 13.1. The number of hydrogen-bond donors (Lipinski definition) is 1. The van der Waals surface area contributed by atoms with Crippen LogP contribution in [0, 0.1) is 0 Å². The van der Waals surface area contributed by atoms with Crippen LogP contribution >= 0.6 is 0 Å². The number of aliphatic hydroxyl groups is 1. The lowest BCUT2D eigenvalue weighted by Crippen LogP contribution is -2.44. The second-order valence-corrected chi connectivity index (χ2v) is 4.23. The first-order chi connectivity index (χ1) is 6.85. The van der Waals surface area contributed by atoms with Gasteiger partial charge < -0.3 is 9.84 Å². The average molecular weight is 215 g/mol. The van der Waals surface area contributed by atoms with Crippen LogP contribution in [-0.2, 0) is 9.53 Å². The highest BCUT2D eigenvalue weighted by Crippen LogP contribution is 2.11. The molecule has 0 aromatic heterocycles. The van der Waals surface area contributed by atoms with E-state index in [1.165, 1.54) is 7.11 Å². The van der Waals surface area contributed by atoms with Crippen molar-refractivity contribution in [3.05, 3.63) is 11.6 Å². The predicted octanol–water partition coefficient (Wildman–Crippen LogP) is 0.808. The summed E-state index contributed by atoms with van der Waals surface area (Å²) in [6, 6.07) is 0. The molecule has 0 rings (SSSR count). The lowest BCUT2D eigenvalue weighted by atomic mass is 10.1. The van der Waals surface area contributed by atoms with Gasteiger partial charge in [-0.2, -0.15) is 0 Å². The van der Waals surface area contributed by atoms with Gasteiger partial charge in [0, 0.05) is 17.7 Å². The lowest BCUT2D eigenvalue weighted by Gasteiger charge is -2.33. The molecule has 0 unspecified atom stereocenters. The van der Waals surface area contributed by atoms with Crippen molar-refractivity contribution >= 4 is 5.97 Å². The molecule has 88 valence electrons. The first-order valence-corrected chi connectivity index (χ1v) is 4.92. The van der Waals surface area contributed by atoms with Gasteiger partial charge in [-0.15, -0.1) is 0 Å². The Balaban J connectivity index is 4.32. The monoisotopic (exact) mass is 215 g/mol. The predicted molar refractivity (Wildman–Crippen MR) is 59.6 cm³/mol. The van der Waals surface area contributed by atoms with Crippen LogP contribution < -0.4 is 0 Å². The van der Waals surface area contributed by atoms with Crippen LogP contribution in [-0.4, -0.2) is 48.8 Å². The van der Waals surface area contributed by atoms with Gasteiger partial charge in [0.05, 0.1) is 13.7 Å². The summed E-state index contributed by atoms with van der Waals surface area (Å²) in [6.07, 6.45) is 1.79. The number of likely N-dealkylation sites (N-methyl/N-ethyl adjacent to an activating group) is 1. The van der Waals surface area contributed by atoms with Gasteiger partial charge in [0.2, 0.25) is 0 Å². The summed E-state index contributed by atoms with van der Waals surface area (Å²) in [5.74, 6) is -0.315. The SMILES string of the molecule is COC(=O)C(C)=CCN(C)C(C)(C)CO. The van der Waals surface area contributed by atoms with Gasteiger partial charge in [0.25, 0.3) is 0 Å². The van der Waals surface area contributed by atoms with Crippen LogP contribution in [0.5, 0.6) is 0 Å². The van der Waals surface area contributed by atoms with E-state index < -0.39 is 0 Å². The number of carbonyl (C=O) groups excluding carboxylic acids is 1. The summed E-state index contributed by atoms with van der Waals surface area (Å²) in [5, 5.41) is 9.13. The largest absolute Gasteiger partial charge is 0.466 e. The number of hydrogen-bond acceptors (Lipinski definition) is 4. The maximum absolute atomic E-state index is 11.1. The van der Waals surface area contributed by atoms with Crippen molar-refractivity contribution in [2.24, 2.45) is 0 Å². The Labute approximate surface area is 91.5 Å². The molecule has 4 nitrogen and oxygen atoms in total. The van der Waals surface area contributed by atoms with Gasteiger partial charge in [-0.1, -0.05) is 6.08 Å². The van der Waals surface area contributed by atoms with E-state index in [9.17, 15) is 4.79 Å². The summed E-state index contributed by atoms with van der Waals surface area (Å²) >= 11 is 0. The van der Waals surface area contributed by atoms with Gasteiger partial charge in [-0.3, -0.25) is 4.90 Å². The average Bonchev–Trinajstić information content (AvgIpc) is 2.23. The zero-order valence-corrected chi connectivity index (χ0v) is 10.2. The molecule has 0 saturated heterocycles. The summed E-state index contributed by atoms with van der Waals surface area (Å²) in [4.78, 5) is 13.1. The summed E-state index contributed by atoms with van der Waals surface area (Å²) in [5.41, 5.74) is 0.297. The molecule has 0 heterocycles. The first kappa shape index (κ1) is 14.1. The number of carbonyl (C=O) groups is 1. The minimum atomic E-state index is -0.315. The van der Waals surface area contributed by atoms with Crippen molar-refractivity contribution < 1.29 is 14.6 Å². The fraction of sp³-hybridized carbons (Fsp3) is 0.727. The van der Waals surface area contributed by atoms with Gasteiger partial charge in [0.1, 0.15) is 0 Å². The lowest BCUT2D eigenvalue weighted by molar-refractivity contribution is -0.136. The fourth-order valence-electron chi connectivity index (χ4n) is 0.886. The van der Waals surface area contributed by atoms with E-state index in [-0.39, 0.29) is 18.1 Å². The Bertz CT molecular complexity index is 246. The zero-order valence-electron chi connectivity index (χ0n) is 10.2. The minimum absolute atomic E-state index is 0.0780. The molecule has 1 N–H and O–H groups in total. The Morgan fingerprint density at radius 2 is 2.07 bits per heavy atom. The van der Waals surface area contributed by atoms with E-state index in [1.54, 1.807) is 13.0 Å². The van der Waals surface area contributed by atoms with Gasteiger partial charge in [0.15, 0.2) is 0 Å². The molecule has 0 aliphatic rings. The molecule has 0 amide bonds. The molecular formula is C11H21NO3. The van der Waals surface area contributed by atoms with E-state index in [1.807, 2.05) is 25.8 Å². The van der Waals surface area contributed by atoms with Gasteiger partial charge in [-0.05, 0) is 27.8 Å². The van der Waals surface area contributed by atoms with Gasteiger partial charge in [-0.25, -0.2) is 4.79 Å². The topological polar surface area (TPSA) is 49.8 Å². The minimum Gasteiger partial charge on any atom is -0.466 e. The smallest absolute Gasteiger partial charge is 0.333 e. The molecule has 0 atom stereocenters. The number of ether oxygens (including phenoxy) is 1. The number of methoxy groups -OCH3 is 1. The molecule has 0 saturated carbocycles. The zero-order chi connectivity index (χ0) is 12.1. The molecule has 0 radical (unpaired) electrons. The number of rotatable bonds is 5. The molecule has 0 spiro atoms. The third kappa shape index (κ3) is 4.44. The third-order valence-electron chi connectivity index (χ3n) is 2.60. The summed E-state index contributed by atoms with van der Waals surface area (Å²) < 4.78 is 4.58. The fourth-order valence-corrected chi connectivity index (χ4v) is 0.886. The number of aliphatic hydroxyl groups excluding tert-OH is 1. The van der Waals surface area contributed by atoms with Crippen LogP contribution in [0.2, 0.25) is 0 Å². The number of esters is 1. The second kappa shape index (κ2) is 5.88. The maximum atomic E-state index is 11.1. The van der Waals surface area contributed by atoms with E-state index in [0.717, 1.165) is 0 Å². The second-order valence-electron chi connectivity index (χ2n) is 4.23. The molecule has 15 heavy (non-hydrogen) atoms. The molecule has 0 aromatic rings. The molecular weight excluding hydrogens is 194 g/mol. The Hall–Kier alpha value is -0.870. The Morgan fingerprint density at radius 3 is 2.47 bits per heavy atom. The van der Waals surface area contributed by atoms with Crippen molar-refractivity contribution in [2.45, 2.75) is 26.3 Å². The molecule has 4 heteroatoms. The molecule has 0 aromatic carbocycles. The van der Waals surface area contributed by atoms with Crippen molar-refractivity contribution in [1.82, 2.24) is 4.90 Å². The van der Waals surface area contributed by atoms with Crippen LogP contribution in [0.15, 0.2) is 11.6 Å². The molecule has 0 fully saturated rings. The number of nitrogens with zero attached hydrogens (tertiary/aromatic N) is 1. The van der Waals surface area contributed by atoms with Crippen molar-refractivity contribution in [2.75, 3.05) is 27.3 Å².